The molecule has 10 nitrogen and oxygen atoms in total. The minimum Gasteiger partial charge on any atom is -0.484 e. The van der Waals surface area contributed by atoms with E-state index < -0.39 is 40.0 Å². The van der Waals surface area contributed by atoms with Gasteiger partial charge in [0, 0.05) is 5.56 Å². The number of hydrogen-bond donors (Lipinski definition) is 2. The molecule has 2 aromatic heterocycles. The first-order chi connectivity index (χ1) is 15.2. The molecule has 0 saturated heterocycles. The van der Waals surface area contributed by atoms with E-state index in [4.69, 9.17) is 5.14 Å². The lowest BCUT2D eigenvalue weighted by Crippen LogP contribution is -2.35. The van der Waals surface area contributed by atoms with Crippen molar-refractivity contribution in [3.8, 4) is 17.3 Å². The number of tetrazole rings is 1. The van der Waals surface area contributed by atoms with E-state index in [0.717, 1.165) is 23.0 Å². The van der Waals surface area contributed by atoms with Crippen molar-refractivity contribution in [1.82, 2.24) is 25.2 Å². The van der Waals surface area contributed by atoms with Crippen molar-refractivity contribution < 1.29 is 35.8 Å². The maximum atomic E-state index is 14.1. The number of aliphatic hydroxyl groups is 1. The van der Waals surface area contributed by atoms with Gasteiger partial charge in [0.05, 0.1) is 18.0 Å². The fourth-order valence-electron chi connectivity index (χ4n) is 2.82. The lowest BCUT2D eigenvalue weighted by atomic mass is 10.0. The van der Waals surface area contributed by atoms with Crippen LogP contribution in [0, 0.1) is 5.82 Å². The highest BCUT2D eigenvalue weighted by atomic mass is 32.2. The van der Waals surface area contributed by atoms with Crippen molar-refractivity contribution in [2.75, 3.05) is 12.4 Å². The van der Waals surface area contributed by atoms with Crippen LogP contribution in [0.25, 0.3) is 11.5 Å². The zero-order chi connectivity index (χ0) is 24.4. The number of nitrogens with two attached hydrogens (primary N) is 1. The first-order valence-corrected chi connectivity index (χ1v) is 10.9. The predicted molar refractivity (Wildman–Crippen MR) is 106 cm³/mol. The molecule has 3 rings (SSSR count). The lowest BCUT2D eigenvalue weighted by Gasteiger charge is -2.21. The molecule has 0 saturated carbocycles. The zero-order valence-electron chi connectivity index (χ0n) is 17.0. The molecule has 0 aliphatic carbocycles. The quantitative estimate of drug-likeness (QED) is 0.450. The van der Waals surface area contributed by atoms with Gasteiger partial charge in [0.2, 0.25) is 15.8 Å². The van der Waals surface area contributed by atoms with Crippen molar-refractivity contribution in [2.45, 2.75) is 25.2 Å². The molecule has 1 unspecified atom stereocenters. The second-order valence-corrected chi connectivity index (χ2v) is 8.90. The van der Waals surface area contributed by atoms with Gasteiger partial charge in [0.15, 0.2) is 6.61 Å². The van der Waals surface area contributed by atoms with Gasteiger partial charge in [-0.1, -0.05) is 6.07 Å². The molecule has 33 heavy (non-hydrogen) atoms. The maximum absolute atomic E-state index is 14.1. The Balaban J connectivity index is 1.80. The Kier molecular flexibility index (Phi) is 6.67. The Morgan fingerprint density at radius 1 is 1.21 bits per heavy atom. The van der Waals surface area contributed by atoms with Crippen LogP contribution in [0.4, 0.5) is 17.6 Å². The molecule has 0 fully saturated rings. The molecular weight excluding hydrogens is 472 g/mol. The van der Waals surface area contributed by atoms with Crippen LogP contribution >= 0.6 is 0 Å². The fraction of sp³-hybridized carbons (Fsp3) is 0.333. The van der Waals surface area contributed by atoms with E-state index in [0.29, 0.717) is 0 Å². The summed E-state index contributed by atoms with van der Waals surface area (Å²) in [5.41, 5.74) is -1.81. The van der Waals surface area contributed by atoms with Gasteiger partial charge < -0.3 is 9.84 Å². The number of alkyl halides is 3. The highest BCUT2D eigenvalue weighted by Crippen LogP contribution is 2.24. The number of ether oxygens (including phenoxy) is 1. The Labute approximate surface area is 185 Å². The van der Waals surface area contributed by atoms with E-state index in [1.54, 1.807) is 0 Å². The van der Waals surface area contributed by atoms with Gasteiger partial charge in [-0.3, -0.25) is 0 Å². The first kappa shape index (κ1) is 24.5. The molecule has 1 aromatic carbocycles. The zero-order valence-corrected chi connectivity index (χ0v) is 17.8. The number of nitrogens with zero attached hydrogens (tertiary/aromatic N) is 5. The number of sulfonamides is 1. The molecule has 0 bridgehead atoms. The monoisotopic (exact) mass is 490 g/mol. The van der Waals surface area contributed by atoms with Crippen molar-refractivity contribution >= 4 is 10.0 Å². The minimum absolute atomic E-state index is 0.00839. The third-order valence-corrected chi connectivity index (χ3v) is 5.16. The second-order valence-electron chi connectivity index (χ2n) is 7.29. The number of aromatic nitrogens is 5. The van der Waals surface area contributed by atoms with Crippen LogP contribution < -0.4 is 9.88 Å². The van der Waals surface area contributed by atoms with Gasteiger partial charge in [0.25, 0.3) is 0 Å². The topological polar surface area (TPSA) is 146 Å². The van der Waals surface area contributed by atoms with Crippen molar-refractivity contribution in [3.05, 3.63) is 53.5 Å². The van der Waals surface area contributed by atoms with Crippen molar-refractivity contribution in [3.63, 3.8) is 0 Å². The molecule has 0 amide bonds. The van der Waals surface area contributed by atoms with E-state index in [-0.39, 0.29) is 35.1 Å². The smallest absolute Gasteiger partial charge is 0.422 e. The van der Waals surface area contributed by atoms with Crippen LogP contribution in [0.3, 0.4) is 0 Å². The molecular formula is C18H18F4N6O4S. The van der Waals surface area contributed by atoms with Crippen LogP contribution in [-0.4, -0.2) is 57.3 Å². The second kappa shape index (κ2) is 8.99. The number of pyridine rings is 1. The van der Waals surface area contributed by atoms with Gasteiger partial charge in [-0.05, 0) is 42.5 Å². The number of hydrogen-bond acceptors (Lipinski definition) is 8. The number of primary sulfonamides is 1. The van der Waals surface area contributed by atoms with E-state index >= 15 is 0 Å². The van der Waals surface area contributed by atoms with Gasteiger partial charge >= 0.3 is 6.18 Å². The maximum Gasteiger partial charge on any atom is 0.422 e. The predicted octanol–water partition coefficient (Wildman–Crippen LogP) is 1.36. The Hall–Kier alpha value is -3.17. The van der Waals surface area contributed by atoms with E-state index in [2.05, 4.69) is 25.1 Å². The van der Waals surface area contributed by atoms with Crippen molar-refractivity contribution in [1.29, 1.82) is 0 Å². The van der Waals surface area contributed by atoms with E-state index in [1.807, 2.05) is 0 Å². The molecule has 0 spiro atoms. The third-order valence-electron chi connectivity index (χ3n) is 4.20. The number of halogens is 4. The van der Waals surface area contributed by atoms with Gasteiger partial charge in [-0.25, -0.2) is 22.9 Å². The lowest BCUT2D eigenvalue weighted by molar-refractivity contribution is -0.153. The molecule has 0 aliphatic rings. The third kappa shape index (κ3) is 6.90. The molecule has 0 aliphatic heterocycles. The van der Waals surface area contributed by atoms with E-state index in [9.17, 15) is 31.1 Å². The molecule has 15 heteroatoms. The highest BCUT2D eigenvalue weighted by Gasteiger charge is 2.31. The largest absolute Gasteiger partial charge is 0.484 e. The molecule has 1 atom stereocenters. The standard InChI is InChI=1S/C18H18F4N6O4S/c1-17(29,10-33(23,30)31)15-4-2-3-14(24-15)16-25-27-28(26-16)8-11-7-12(5-6-13(11)19)32-9-18(20,21)22/h2-7,29H,8-10H2,1H3,(H2,23,30,31). The normalized spacial score (nSPS) is 14.2. The summed E-state index contributed by atoms with van der Waals surface area (Å²) in [5, 5.41) is 27.0. The van der Waals surface area contributed by atoms with E-state index in [1.165, 1.54) is 25.1 Å². The van der Waals surface area contributed by atoms with Crippen LogP contribution in [-0.2, 0) is 22.2 Å². The summed E-state index contributed by atoms with van der Waals surface area (Å²) in [6, 6.07) is 7.46. The van der Waals surface area contributed by atoms with Gasteiger partial charge in [0.1, 0.15) is 22.9 Å². The molecule has 2 heterocycles. The average Bonchev–Trinajstić information content (AvgIpc) is 3.15. The molecule has 3 N–H and O–H groups in total. The van der Waals surface area contributed by atoms with Crippen LogP contribution in [0.2, 0.25) is 0 Å². The summed E-state index contributed by atoms with van der Waals surface area (Å²) in [4.78, 5) is 5.13. The first-order valence-electron chi connectivity index (χ1n) is 9.18. The number of rotatable bonds is 8. The Bertz CT molecular complexity index is 1250. The summed E-state index contributed by atoms with van der Waals surface area (Å²) >= 11 is 0. The SMILES string of the molecule is CC(O)(CS(N)(=O)=O)c1cccc(-c2nnn(Cc3cc(OCC(F)(F)F)ccc3F)n2)n1. The summed E-state index contributed by atoms with van der Waals surface area (Å²) in [6.45, 7) is -0.573. The summed E-state index contributed by atoms with van der Waals surface area (Å²) in [7, 11) is -4.00. The summed E-state index contributed by atoms with van der Waals surface area (Å²) in [6.07, 6.45) is -4.54. The minimum atomic E-state index is -4.54. The van der Waals surface area contributed by atoms with Crippen LogP contribution in [0.5, 0.6) is 5.75 Å². The molecule has 0 radical (unpaired) electrons. The molecule has 3 aromatic rings. The summed E-state index contributed by atoms with van der Waals surface area (Å²) < 4.78 is 78.4. The van der Waals surface area contributed by atoms with Gasteiger partial charge in [-0.15, -0.1) is 10.2 Å². The average molecular weight is 490 g/mol. The Morgan fingerprint density at radius 2 is 1.94 bits per heavy atom. The van der Waals surface area contributed by atoms with Gasteiger partial charge in [-0.2, -0.15) is 18.0 Å². The summed E-state index contributed by atoms with van der Waals surface area (Å²) in [5.74, 6) is -1.70. The molecule has 178 valence electrons. The fourth-order valence-corrected chi connectivity index (χ4v) is 3.75. The van der Waals surface area contributed by atoms with Crippen LogP contribution in [0.1, 0.15) is 18.2 Å². The Morgan fingerprint density at radius 3 is 2.61 bits per heavy atom. The highest BCUT2D eigenvalue weighted by molar-refractivity contribution is 7.89. The van der Waals surface area contributed by atoms with Crippen molar-refractivity contribution in [2.24, 2.45) is 5.14 Å². The number of benzene rings is 1. The van der Waals surface area contributed by atoms with Crippen LogP contribution in [0.15, 0.2) is 36.4 Å².